The highest BCUT2D eigenvalue weighted by molar-refractivity contribution is 5.62. The van der Waals surface area contributed by atoms with Crippen molar-refractivity contribution in [3.63, 3.8) is 0 Å². The summed E-state index contributed by atoms with van der Waals surface area (Å²) in [5.41, 5.74) is 3.12. The van der Waals surface area contributed by atoms with Crippen LogP contribution in [0, 0.1) is 11.3 Å². The molecule has 1 N–H and O–H groups in total. The van der Waals surface area contributed by atoms with Gasteiger partial charge in [-0.3, -0.25) is 0 Å². The molecule has 0 amide bonds. The van der Waals surface area contributed by atoms with Crippen LogP contribution in [-0.2, 0) is 6.54 Å². The summed E-state index contributed by atoms with van der Waals surface area (Å²) in [6.07, 6.45) is 3.61. The van der Waals surface area contributed by atoms with Crippen LogP contribution in [0.5, 0.6) is 0 Å². The zero-order valence-electron chi connectivity index (χ0n) is 12.8. The molecule has 1 saturated heterocycles. The van der Waals surface area contributed by atoms with E-state index in [-0.39, 0.29) is 0 Å². The lowest BCUT2D eigenvalue weighted by Gasteiger charge is -2.31. The van der Waals surface area contributed by atoms with Gasteiger partial charge in [0.25, 0.3) is 0 Å². The normalized spacial score (nSPS) is 22.0. The van der Waals surface area contributed by atoms with Gasteiger partial charge < -0.3 is 10.2 Å². The molecular formula is C17H25N3. The third-order valence-corrected chi connectivity index (χ3v) is 4.30. The van der Waals surface area contributed by atoms with Gasteiger partial charge in [0.1, 0.15) is 6.07 Å². The topological polar surface area (TPSA) is 39.1 Å². The van der Waals surface area contributed by atoms with Crippen molar-refractivity contribution in [2.75, 3.05) is 11.4 Å². The molecule has 20 heavy (non-hydrogen) atoms. The molecule has 1 aromatic carbocycles. The van der Waals surface area contributed by atoms with Gasteiger partial charge in [-0.15, -0.1) is 0 Å². The monoisotopic (exact) mass is 271 g/mol. The number of benzene rings is 1. The highest BCUT2D eigenvalue weighted by atomic mass is 15.2. The smallest absolute Gasteiger partial charge is 0.101 e. The van der Waals surface area contributed by atoms with Crippen molar-refractivity contribution in [2.45, 2.75) is 58.7 Å². The van der Waals surface area contributed by atoms with Crippen LogP contribution < -0.4 is 10.2 Å². The fraction of sp³-hybridized carbons (Fsp3) is 0.588. The molecule has 3 heteroatoms. The average Bonchev–Trinajstić information content (AvgIpc) is 2.85. The van der Waals surface area contributed by atoms with Crippen molar-refractivity contribution in [1.29, 1.82) is 5.26 Å². The lowest BCUT2D eigenvalue weighted by atomic mass is 10.1. The van der Waals surface area contributed by atoms with Crippen LogP contribution in [-0.4, -0.2) is 18.6 Å². The summed E-state index contributed by atoms with van der Waals surface area (Å²) in [7, 11) is 0. The van der Waals surface area contributed by atoms with E-state index in [0.29, 0.717) is 12.1 Å². The summed E-state index contributed by atoms with van der Waals surface area (Å²) in [5.74, 6) is 0. The summed E-state index contributed by atoms with van der Waals surface area (Å²) in [4.78, 5) is 2.45. The van der Waals surface area contributed by atoms with Gasteiger partial charge >= 0.3 is 0 Å². The molecule has 0 aliphatic carbocycles. The molecule has 1 aromatic rings. The van der Waals surface area contributed by atoms with E-state index in [1.54, 1.807) is 0 Å². The van der Waals surface area contributed by atoms with E-state index in [1.165, 1.54) is 18.4 Å². The Morgan fingerprint density at radius 2 is 2.15 bits per heavy atom. The van der Waals surface area contributed by atoms with E-state index in [4.69, 9.17) is 0 Å². The Balaban J connectivity index is 2.29. The highest BCUT2D eigenvalue weighted by Crippen LogP contribution is 2.34. The Morgan fingerprint density at radius 3 is 2.80 bits per heavy atom. The maximum atomic E-state index is 9.48. The Kier molecular flexibility index (Phi) is 5.03. The lowest BCUT2D eigenvalue weighted by Crippen LogP contribution is -2.34. The maximum absolute atomic E-state index is 9.48. The molecule has 0 radical (unpaired) electrons. The molecule has 0 aromatic heterocycles. The number of hydrogen-bond acceptors (Lipinski definition) is 3. The van der Waals surface area contributed by atoms with Crippen molar-refractivity contribution >= 4 is 5.69 Å². The van der Waals surface area contributed by atoms with E-state index in [2.05, 4.69) is 49.2 Å². The summed E-state index contributed by atoms with van der Waals surface area (Å²) in [6, 6.07) is 9.82. The van der Waals surface area contributed by atoms with Crippen molar-refractivity contribution in [2.24, 2.45) is 0 Å². The first kappa shape index (κ1) is 14.9. The van der Waals surface area contributed by atoms with Crippen molar-refractivity contribution in [3.05, 3.63) is 29.3 Å². The Morgan fingerprint density at radius 1 is 1.35 bits per heavy atom. The summed E-state index contributed by atoms with van der Waals surface area (Å²) < 4.78 is 0. The molecule has 1 heterocycles. The zero-order chi connectivity index (χ0) is 14.5. The van der Waals surface area contributed by atoms with E-state index < -0.39 is 0 Å². The zero-order valence-corrected chi connectivity index (χ0v) is 12.8. The first-order valence-electron chi connectivity index (χ1n) is 7.73. The average molecular weight is 271 g/mol. The quantitative estimate of drug-likeness (QED) is 0.891. The summed E-state index contributed by atoms with van der Waals surface area (Å²) in [6.45, 7) is 8.38. The third kappa shape index (κ3) is 2.96. The second kappa shape index (κ2) is 6.76. The number of rotatable bonds is 5. The molecule has 1 aliphatic rings. The molecule has 2 unspecified atom stereocenters. The van der Waals surface area contributed by atoms with E-state index in [0.717, 1.165) is 30.8 Å². The van der Waals surface area contributed by atoms with Crippen LogP contribution in [0.2, 0.25) is 0 Å². The van der Waals surface area contributed by atoms with Gasteiger partial charge in [-0.2, -0.15) is 5.26 Å². The van der Waals surface area contributed by atoms with Crippen molar-refractivity contribution < 1.29 is 0 Å². The number of hydrogen-bond donors (Lipinski definition) is 1. The van der Waals surface area contributed by atoms with E-state index in [9.17, 15) is 5.26 Å². The van der Waals surface area contributed by atoms with Crippen LogP contribution in [0.15, 0.2) is 18.2 Å². The Labute approximate surface area is 122 Å². The molecule has 108 valence electrons. The molecule has 2 rings (SSSR count). The van der Waals surface area contributed by atoms with E-state index in [1.807, 2.05) is 6.07 Å². The Bertz CT molecular complexity index is 489. The standard InChI is InChI=1S/C17H25N3/c1-4-16-8-6-13(3)20(16)17-9-7-14(12-19-5-2)10-15(17)11-18/h7,9-10,13,16,19H,4-6,8,12H2,1-3H3. The van der Waals surface area contributed by atoms with Crippen LogP contribution >= 0.6 is 0 Å². The molecule has 2 atom stereocenters. The van der Waals surface area contributed by atoms with Crippen LogP contribution in [0.3, 0.4) is 0 Å². The lowest BCUT2D eigenvalue weighted by molar-refractivity contribution is 0.627. The van der Waals surface area contributed by atoms with Gasteiger partial charge in [-0.25, -0.2) is 0 Å². The fourth-order valence-electron chi connectivity index (χ4n) is 3.18. The molecule has 0 saturated carbocycles. The molecule has 0 bridgehead atoms. The van der Waals surface area contributed by atoms with Gasteiger partial charge in [0.05, 0.1) is 11.3 Å². The van der Waals surface area contributed by atoms with Crippen molar-refractivity contribution in [1.82, 2.24) is 5.32 Å². The minimum absolute atomic E-state index is 0.534. The van der Waals surface area contributed by atoms with Gasteiger partial charge in [-0.1, -0.05) is 19.9 Å². The second-order valence-corrected chi connectivity index (χ2v) is 5.64. The first-order chi connectivity index (χ1) is 9.71. The van der Waals surface area contributed by atoms with Gasteiger partial charge in [0.15, 0.2) is 0 Å². The van der Waals surface area contributed by atoms with E-state index >= 15 is 0 Å². The molecule has 3 nitrogen and oxygen atoms in total. The molecule has 1 aliphatic heterocycles. The minimum atomic E-state index is 0.534. The molecule has 1 fully saturated rings. The summed E-state index contributed by atoms with van der Waals surface area (Å²) in [5, 5.41) is 12.8. The van der Waals surface area contributed by atoms with Crippen LogP contribution in [0.1, 0.15) is 51.2 Å². The molecular weight excluding hydrogens is 246 g/mol. The van der Waals surface area contributed by atoms with Gasteiger partial charge in [0.2, 0.25) is 0 Å². The summed E-state index contributed by atoms with van der Waals surface area (Å²) >= 11 is 0. The predicted octanol–water partition coefficient (Wildman–Crippen LogP) is 3.44. The molecule has 0 spiro atoms. The van der Waals surface area contributed by atoms with Gasteiger partial charge in [-0.05, 0) is 50.4 Å². The van der Waals surface area contributed by atoms with Crippen LogP contribution in [0.25, 0.3) is 0 Å². The van der Waals surface area contributed by atoms with Gasteiger partial charge in [0, 0.05) is 18.6 Å². The fourth-order valence-corrected chi connectivity index (χ4v) is 3.18. The third-order valence-electron chi connectivity index (χ3n) is 4.30. The largest absolute Gasteiger partial charge is 0.365 e. The van der Waals surface area contributed by atoms with Crippen molar-refractivity contribution in [3.8, 4) is 6.07 Å². The number of nitrogens with one attached hydrogen (secondary N) is 1. The Hall–Kier alpha value is -1.53. The second-order valence-electron chi connectivity index (χ2n) is 5.64. The maximum Gasteiger partial charge on any atom is 0.101 e. The highest BCUT2D eigenvalue weighted by Gasteiger charge is 2.30. The SMILES string of the molecule is CCNCc1ccc(N2C(C)CCC2CC)c(C#N)c1. The predicted molar refractivity (Wildman–Crippen MR) is 83.8 cm³/mol. The minimum Gasteiger partial charge on any atom is -0.365 e. The number of anilines is 1. The number of nitriles is 1. The van der Waals surface area contributed by atoms with Crippen LogP contribution in [0.4, 0.5) is 5.69 Å². The number of nitrogens with zero attached hydrogens (tertiary/aromatic N) is 2. The first-order valence-corrected chi connectivity index (χ1v) is 7.73.